The number of carbonyl (C=O) groups excluding carboxylic acids is 1. The van der Waals surface area contributed by atoms with E-state index in [0.717, 1.165) is 27.1 Å². The summed E-state index contributed by atoms with van der Waals surface area (Å²) in [5.74, 6) is -0.842. The normalized spacial score (nSPS) is 13.8. The molecule has 5 aromatic rings. The minimum Gasteiger partial charge on any atom is -0.497 e. The molecule has 0 spiro atoms. The molecule has 51 heavy (non-hydrogen) atoms. The Morgan fingerprint density at radius 3 is 2.51 bits per heavy atom. The van der Waals surface area contributed by atoms with Crippen LogP contribution in [0.15, 0.2) is 86.9 Å². The van der Waals surface area contributed by atoms with Gasteiger partial charge in [-0.2, -0.15) is 4.39 Å². The van der Waals surface area contributed by atoms with Crippen LogP contribution < -0.4 is 19.5 Å². The molecular formula is C37H39FN4O8S. The van der Waals surface area contributed by atoms with Crippen LogP contribution >= 0.6 is 0 Å². The van der Waals surface area contributed by atoms with Crippen LogP contribution in [0.1, 0.15) is 56.0 Å². The van der Waals surface area contributed by atoms with Crippen molar-refractivity contribution in [2.75, 3.05) is 25.1 Å². The standard InChI is InChI=1S/C37H39FN4O8S/c1-23(28-10-7-9-24-17-18-40(22-29(24)28)35(43)50-37(2,3)4)42-30-16-15-27(20-32(30)49-36(42)44)51(45,46)41(34-12-8-11-33(38)39-34)21-25-13-14-26(47-5)19-31(25)48-6/h7-16,19-20,23H,17-18,21-22H2,1-6H3/t23-/m1/s1. The third-order valence-electron chi connectivity index (χ3n) is 8.74. The van der Waals surface area contributed by atoms with Crippen molar-refractivity contribution in [2.24, 2.45) is 0 Å². The van der Waals surface area contributed by atoms with E-state index in [1.165, 1.54) is 49.1 Å². The molecule has 1 atom stereocenters. The van der Waals surface area contributed by atoms with Gasteiger partial charge >= 0.3 is 11.8 Å². The van der Waals surface area contributed by atoms with Crippen molar-refractivity contribution in [3.8, 4) is 11.5 Å². The van der Waals surface area contributed by atoms with E-state index in [1.54, 1.807) is 23.1 Å². The fourth-order valence-corrected chi connectivity index (χ4v) is 7.66. The minimum atomic E-state index is -4.42. The topological polar surface area (TPSA) is 133 Å². The lowest BCUT2D eigenvalue weighted by Crippen LogP contribution is -2.40. The predicted molar refractivity (Wildman–Crippen MR) is 188 cm³/mol. The zero-order valence-corrected chi connectivity index (χ0v) is 30.0. The van der Waals surface area contributed by atoms with Crippen LogP contribution in [-0.2, 0) is 34.3 Å². The maximum atomic E-state index is 14.4. The van der Waals surface area contributed by atoms with Gasteiger partial charge in [-0.25, -0.2) is 27.3 Å². The van der Waals surface area contributed by atoms with Crippen molar-refractivity contribution in [3.63, 3.8) is 0 Å². The first-order valence-electron chi connectivity index (χ1n) is 16.3. The fraction of sp³-hybridized carbons (Fsp3) is 0.324. The third-order valence-corrected chi connectivity index (χ3v) is 10.5. The summed E-state index contributed by atoms with van der Waals surface area (Å²) in [7, 11) is -1.48. The first-order chi connectivity index (χ1) is 24.2. The molecule has 1 aliphatic heterocycles. The van der Waals surface area contributed by atoms with Crippen LogP contribution in [-0.4, -0.2) is 55.3 Å². The maximum absolute atomic E-state index is 14.4. The fourth-order valence-electron chi connectivity index (χ4n) is 6.25. The van der Waals surface area contributed by atoms with Crippen molar-refractivity contribution in [3.05, 3.63) is 112 Å². The van der Waals surface area contributed by atoms with Crippen LogP contribution in [0.3, 0.4) is 0 Å². The lowest BCUT2D eigenvalue weighted by molar-refractivity contribution is 0.0223. The molecule has 12 nitrogen and oxygen atoms in total. The highest BCUT2D eigenvalue weighted by Gasteiger charge is 2.31. The molecule has 0 N–H and O–H groups in total. The zero-order valence-electron chi connectivity index (χ0n) is 29.2. The van der Waals surface area contributed by atoms with Gasteiger partial charge in [-0.15, -0.1) is 0 Å². The van der Waals surface area contributed by atoms with Crippen LogP contribution in [0.2, 0.25) is 0 Å². The van der Waals surface area contributed by atoms with Gasteiger partial charge in [0.05, 0.1) is 37.2 Å². The van der Waals surface area contributed by atoms with Gasteiger partial charge in [0.15, 0.2) is 5.58 Å². The highest BCUT2D eigenvalue weighted by atomic mass is 32.2. The number of nitrogens with zero attached hydrogens (tertiary/aromatic N) is 4. The van der Waals surface area contributed by atoms with E-state index in [2.05, 4.69) is 4.98 Å². The number of hydrogen-bond acceptors (Lipinski definition) is 9. The molecule has 0 saturated carbocycles. The Morgan fingerprint density at radius 1 is 1.04 bits per heavy atom. The number of aromatic nitrogens is 2. The van der Waals surface area contributed by atoms with Gasteiger partial charge in [-0.05, 0) is 87.2 Å². The average Bonchev–Trinajstić information content (AvgIpc) is 3.43. The molecule has 14 heteroatoms. The number of anilines is 1. The monoisotopic (exact) mass is 718 g/mol. The van der Waals surface area contributed by atoms with E-state index < -0.39 is 39.5 Å². The molecule has 268 valence electrons. The summed E-state index contributed by atoms with van der Waals surface area (Å²) in [5.41, 5.74) is 3.03. The summed E-state index contributed by atoms with van der Waals surface area (Å²) in [6.07, 6.45) is 0.208. The molecular weight excluding hydrogens is 679 g/mol. The highest BCUT2D eigenvalue weighted by molar-refractivity contribution is 7.92. The van der Waals surface area contributed by atoms with Gasteiger partial charge in [0.2, 0.25) is 5.95 Å². The Kier molecular flexibility index (Phi) is 9.55. The summed E-state index contributed by atoms with van der Waals surface area (Å²) < 4.78 is 67.5. The summed E-state index contributed by atoms with van der Waals surface area (Å²) in [4.78, 5) is 31.7. The van der Waals surface area contributed by atoms with Crippen LogP contribution in [0.5, 0.6) is 11.5 Å². The van der Waals surface area contributed by atoms with Gasteiger partial charge in [-0.1, -0.05) is 24.3 Å². The number of amides is 1. The number of hydrogen-bond donors (Lipinski definition) is 0. The number of benzene rings is 3. The average molecular weight is 719 g/mol. The molecule has 0 unspecified atom stereocenters. The summed E-state index contributed by atoms with van der Waals surface area (Å²) in [6, 6.07) is 18.2. The Labute approximate surface area is 295 Å². The lowest BCUT2D eigenvalue weighted by atomic mass is 9.91. The van der Waals surface area contributed by atoms with E-state index in [4.69, 9.17) is 18.6 Å². The van der Waals surface area contributed by atoms with Gasteiger partial charge in [0, 0.05) is 30.8 Å². The lowest BCUT2D eigenvalue weighted by Gasteiger charge is -2.33. The first kappa shape index (κ1) is 35.5. The van der Waals surface area contributed by atoms with Gasteiger partial charge in [-0.3, -0.25) is 4.57 Å². The SMILES string of the molecule is COc1ccc(CN(c2cccc(F)n2)S(=O)(=O)c2ccc3c(c2)oc(=O)n3[C@H](C)c2cccc3c2CN(C(=O)OC(C)(C)C)CC3)c(OC)c1. The number of oxazole rings is 1. The quantitative estimate of drug-likeness (QED) is 0.158. The molecule has 0 bridgehead atoms. The van der Waals surface area contributed by atoms with Crippen LogP contribution in [0.25, 0.3) is 11.1 Å². The molecule has 3 aromatic carbocycles. The van der Waals surface area contributed by atoms with Gasteiger partial charge in [0.25, 0.3) is 10.0 Å². The number of ether oxygens (including phenoxy) is 3. The van der Waals surface area contributed by atoms with E-state index in [-0.39, 0.29) is 22.8 Å². The van der Waals surface area contributed by atoms with E-state index in [9.17, 15) is 22.4 Å². The van der Waals surface area contributed by atoms with E-state index in [0.29, 0.717) is 42.1 Å². The van der Waals surface area contributed by atoms with Gasteiger partial charge in [0.1, 0.15) is 22.9 Å². The highest BCUT2D eigenvalue weighted by Crippen LogP contribution is 2.34. The summed E-state index contributed by atoms with van der Waals surface area (Å²) in [5, 5.41) is 0. The second kappa shape index (κ2) is 13.7. The molecule has 0 aliphatic carbocycles. The molecule has 6 rings (SSSR count). The molecule has 3 heterocycles. The van der Waals surface area contributed by atoms with Crippen molar-refractivity contribution >= 4 is 33.0 Å². The second-order valence-corrected chi connectivity index (χ2v) is 15.1. The molecule has 2 aromatic heterocycles. The Morgan fingerprint density at radius 2 is 1.80 bits per heavy atom. The van der Waals surface area contributed by atoms with Crippen LogP contribution in [0.4, 0.5) is 15.0 Å². The predicted octanol–water partition coefficient (Wildman–Crippen LogP) is 6.44. The van der Waals surface area contributed by atoms with Gasteiger partial charge < -0.3 is 23.5 Å². The van der Waals surface area contributed by atoms with Crippen molar-refractivity contribution in [1.29, 1.82) is 0 Å². The van der Waals surface area contributed by atoms with E-state index in [1.807, 2.05) is 45.9 Å². The Balaban J connectivity index is 1.37. The minimum absolute atomic E-state index is 0.0438. The number of sulfonamides is 1. The number of carbonyl (C=O) groups is 1. The molecule has 0 saturated heterocycles. The van der Waals surface area contributed by atoms with Crippen LogP contribution in [0, 0.1) is 5.95 Å². The zero-order chi connectivity index (χ0) is 36.7. The number of rotatable bonds is 9. The number of methoxy groups -OCH3 is 2. The number of fused-ring (bicyclic) bond motifs is 2. The second-order valence-electron chi connectivity index (χ2n) is 13.2. The number of halogens is 1. The number of pyridine rings is 1. The van der Waals surface area contributed by atoms with Crippen molar-refractivity contribution in [1.82, 2.24) is 14.5 Å². The van der Waals surface area contributed by atoms with E-state index >= 15 is 0 Å². The van der Waals surface area contributed by atoms with Crippen molar-refractivity contribution < 1.29 is 36.2 Å². The Hall–Kier alpha value is -5.37. The van der Waals surface area contributed by atoms with Crippen molar-refractivity contribution in [2.45, 2.75) is 63.7 Å². The maximum Gasteiger partial charge on any atom is 0.420 e. The molecule has 0 radical (unpaired) electrons. The largest absolute Gasteiger partial charge is 0.497 e. The molecule has 0 fully saturated rings. The third kappa shape index (κ3) is 7.13. The molecule has 1 aliphatic rings. The summed E-state index contributed by atoms with van der Waals surface area (Å²) in [6.45, 7) is 7.85. The summed E-state index contributed by atoms with van der Waals surface area (Å²) >= 11 is 0. The molecule has 1 amide bonds. The first-order valence-corrected chi connectivity index (χ1v) is 17.7. The Bertz CT molecular complexity index is 2280. The smallest absolute Gasteiger partial charge is 0.420 e.